The van der Waals surface area contributed by atoms with Gasteiger partial charge in [-0.05, 0) is 18.9 Å². The van der Waals surface area contributed by atoms with Gasteiger partial charge in [-0.15, -0.1) is 6.58 Å². The van der Waals surface area contributed by atoms with Gasteiger partial charge in [-0.2, -0.15) is 0 Å². The molecule has 1 amide bonds. The van der Waals surface area contributed by atoms with Crippen molar-refractivity contribution in [2.24, 2.45) is 0 Å². The van der Waals surface area contributed by atoms with Crippen molar-refractivity contribution in [2.45, 2.75) is 26.7 Å². The zero-order chi connectivity index (χ0) is 14.1. The average Bonchev–Trinajstić information content (AvgIpc) is 2.44. The van der Waals surface area contributed by atoms with Crippen LogP contribution < -0.4 is 5.32 Å². The summed E-state index contributed by atoms with van der Waals surface area (Å²) in [5, 5.41) is 3.14. The Hall–Kier alpha value is -1.84. The van der Waals surface area contributed by atoms with Crippen LogP contribution in [-0.2, 0) is 0 Å². The highest BCUT2D eigenvalue weighted by Gasteiger charge is 2.14. The molecule has 1 heterocycles. The van der Waals surface area contributed by atoms with Gasteiger partial charge in [0.05, 0.1) is 11.3 Å². The van der Waals surface area contributed by atoms with E-state index in [2.05, 4.69) is 30.7 Å². The van der Waals surface area contributed by atoms with Gasteiger partial charge in [0.2, 0.25) is 0 Å². The topological polar surface area (TPSA) is 45.2 Å². The van der Waals surface area contributed by atoms with E-state index in [4.69, 9.17) is 0 Å². The lowest BCUT2D eigenvalue weighted by Crippen LogP contribution is -2.32. The standard InChI is InChI=1S/C15H23N3O/c1-4-7-17-14-10-13(11-16-12-14)15(19)18(8-5-2)9-6-3/h4,10-12,17H,1,5-9H2,2-3H3. The van der Waals surface area contributed by atoms with Crippen LogP contribution in [0.5, 0.6) is 0 Å². The third-order valence-electron chi connectivity index (χ3n) is 2.71. The lowest BCUT2D eigenvalue weighted by Gasteiger charge is -2.21. The van der Waals surface area contributed by atoms with Crippen molar-refractivity contribution in [3.8, 4) is 0 Å². The first-order valence-electron chi connectivity index (χ1n) is 6.82. The number of hydrogen-bond acceptors (Lipinski definition) is 3. The number of hydrogen-bond donors (Lipinski definition) is 1. The molecule has 4 heteroatoms. The third kappa shape index (κ3) is 4.73. The van der Waals surface area contributed by atoms with Crippen molar-refractivity contribution in [1.82, 2.24) is 9.88 Å². The monoisotopic (exact) mass is 261 g/mol. The molecule has 1 aromatic heterocycles. The van der Waals surface area contributed by atoms with Crippen LogP contribution in [0, 0.1) is 0 Å². The van der Waals surface area contributed by atoms with Gasteiger partial charge >= 0.3 is 0 Å². The summed E-state index contributed by atoms with van der Waals surface area (Å²) < 4.78 is 0. The maximum Gasteiger partial charge on any atom is 0.255 e. The number of aromatic nitrogens is 1. The summed E-state index contributed by atoms with van der Waals surface area (Å²) in [5.74, 6) is 0.0541. The Morgan fingerprint density at radius 2 is 2.05 bits per heavy atom. The molecule has 0 radical (unpaired) electrons. The van der Waals surface area contributed by atoms with Crippen LogP contribution in [-0.4, -0.2) is 35.4 Å². The van der Waals surface area contributed by atoms with E-state index in [1.54, 1.807) is 18.5 Å². The molecule has 0 saturated carbocycles. The zero-order valence-corrected chi connectivity index (χ0v) is 11.9. The molecule has 0 aliphatic carbocycles. The zero-order valence-electron chi connectivity index (χ0n) is 11.9. The molecule has 1 rings (SSSR count). The minimum atomic E-state index is 0.0541. The number of pyridine rings is 1. The molecule has 0 unspecified atom stereocenters. The Bertz CT molecular complexity index is 412. The second kappa shape index (κ2) is 8.29. The van der Waals surface area contributed by atoms with E-state index in [-0.39, 0.29) is 5.91 Å². The minimum absolute atomic E-state index is 0.0541. The summed E-state index contributed by atoms with van der Waals surface area (Å²) in [5.41, 5.74) is 1.48. The lowest BCUT2D eigenvalue weighted by atomic mass is 10.2. The predicted molar refractivity (Wildman–Crippen MR) is 79.4 cm³/mol. The van der Waals surface area contributed by atoms with Gasteiger partial charge in [0.15, 0.2) is 0 Å². The number of nitrogens with one attached hydrogen (secondary N) is 1. The van der Waals surface area contributed by atoms with Gasteiger partial charge in [0, 0.05) is 32.0 Å². The van der Waals surface area contributed by atoms with Crippen LogP contribution in [0.2, 0.25) is 0 Å². The van der Waals surface area contributed by atoms with Crippen molar-refractivity contribution in [3.05, 3.63) is 36.7 Å². The van der Waals surface area contributed by atoms with E-state index in [0.29, 0.717) is 12.1 Å². The SMILES string of the molecule is C=CCNc1cncc(C(=O)N(CCC)CCC)c1. The first-order valence-corrected chi connectivity index (χ1v) is 6.82. The Morgan fingerprint density at radius 1 is 1.37 bits per heavy atom. The van der Waals surface area contributed by atoms with Crippen molar-refractivity contribution in [2.75, 3.05) is 25.0 Å². The van der Waals surface area contributed by atoms with Crippen LogP contribution in [0.1, 0.15) is 37.0 Å². The Morgan fingerprint density at radius 3 is 2.63 bits per heavy atom. The van der Waals surface area contributed by atoms with E-state index >= 15 is 0 Å². The molecule has 0 aromatic carbocycles. The van der Waals surface area contributed by atoms with Gasteiger partial charge in [0.1, 0.15) is 0 Å². The van der Waals surface area contributed by atoms with Crippen molar-refractivity contribution >= 4 is 11.6 Å². The molecule has 0 atom stereocenters. The van der Waals surface area contributed by atoms with Gasteiger partial charge in [-0.1, -0.05) is 19.9 Å². The number of carbonyl (C=O) groups excluding carboxylic acids is 1. The van der Waals surface area contributed by atoms with E-state index in [1.165, 1.54) is 0 Å². The summed E-state index contributed by atoms with van der Waals surface area (Å²) in [4.78, 5) is 18.4. The summed E-state index contributed by atoms with van der Waals surface area (Å²) >= 11 is 0. The van der Waals surface area contributed by atoms with Crippen molar-refractivity contribution in [3.63, 3.8) is 0 Å². The highest BCUT2D eigenvalue weighted by Crippen LogP contribution is 2.11. The second-order valence-electron chi connectivity index (χ2n) is 4.42. The molecule has 19 heavy (non-hydrogen) atoms. The highest BCUT2D eigenvalue weighted by molar-refractivity contribution is 5.94. The number of rotatable bonds is 8. The molecule has 4 nitrogen and oxygen atoms in total. The molecule has 1 aromatic rings. The van der Waals surface area contributed by atoms with Gasteiger partial charge < -0.3 is 10.2 Å². The third-order valence-corrected chi connectivity index (χ3v) is 2.71. The lowest BCUT2D eigenvalue weighted by molar-refractivity contribution is 0.0755. The number of amides is 1. The predicted octanol–water partition coefficient (Wildman–Crippen LogP) is 2.94. The van der Waals surface area contributed by atoms with Gasteiger partial charge in [0.25, 0.3) is 5.91 Å². The smallest absolute Gasteiger partial charge is 0.255 e. The molecule has 1 N–H and O–H groups in total. The van der Waals surface area contributed by atoms with Crippen LogP contribution in [0.4, 0.5) is 5.69 Å². The molecule has 0 spiro atoms. The maximum atomic E-state index is 12.4. The Kier molecular flexibility index (Phi) is 6.64. The second-order valence-corrected chi connectivity index (χ2v) is 4.42. The maximum absolute atomic E-state index is 12.4. The van der Waals surface area contributed by atoms with E-state index in [0.717, 1.165) is 31.6 Å². The fourth-order valence-electron chi connectivity index (χ4n) is 1.88. The highest BCUT2D eigenvalue weighted by atomic mass is 16.2. The molecule has 0 saturated heterocycles. The summed E-state index contributed by atoms with van der Waals surface area (Å²) in [6.07, 6.45) is 7.04. The van der Waals surface area contributed by atoms with Gasteiger partial charge in [-0.3, -0.25) is 9.78 Å². The average molecular weight is 261 g/mol. The van der Waals surface area contributed by atoms with Crippen LogP contribution in [0.15, 0.2) is 31.1 Å². The number of carbonyl (C=O) groups is 1. The quantitative estimate of drug-likeness (QED) is 0.732. The fourth-order valence-corrected chi connectivity index (χ4v) is 1.88. The summed E-state index contributed by atoms with van der Waals surface area (Å²) in [6.45, 7) is 10.0. The van der Waals surface area contributed by atoms with Crippen molar-refractivity contribution in [1.29, 1.82) is 0 Å². The largest absolute Gasteiger partial charge is 0.380 e. The number of anilines is 1. The summed E-state index contributed by atoms with van der Waals surface area (Å²) in [6, 6.07) is 1.84. The van der Waals surface area contributed by atoms with Crippen molar-refractivity contribution < 1.29 is 4.79 Å². The van der Waals surface area contributed by atoms with Crippen LogP contribution >= 0.6 is 0 Å². The van der Waals surface area contributed by atoms with E-state index < -0.39 is 0 Å². The Labute approximate surface area is 115 Å². The fraction of sp³-hybridized carbons (Fsp3) is 0.467. The van der Waals surface area contributed by atoms with Gasteiger partial charge in [-0.25, -0.2) is 0 Å². The molecule has 104 valence electrons. The molecule has 0 fully saturated rings. The first-order chi connectivity index (χ1) is 9.22. The summed E-state index contributed by atoms with van der Waals surface area (Å²) in [7, 11) is 0. The molecule has 0 bridgehead atoms. The number of nitrogens with zero attached hydrogens (tertiary/aromatic N) is 2. The van der Waals surface area contributed by atoms with Crippen LogP contribution in [0.25, 0.3) is 0 Å². The van der Waals surface area contributed by atoms with E-state index in [9.17, 15) is 4.79 Å². The Balaban J connectivity index is 2.81. The molecular formula is C15H23N3O. The van der Waals surface area contributed by atoms with E-state index in [1.807, 2.05) is 11.0 Å². The minimum Gasteiger partial charge on any atom is -0.380 e. The first kappa shape index (κ1) is 15.2. The molecular weight excluding hydrogens is 238 g/mol. The normalized spacial score (nSPS) is 10.0. The molecule has 0 aliphatic heterocycles. The van der Waals surface area contributed by atoms with Crippen LogP contribution in [0.3, 0.4) is 0 Å². The molecule has 0 aliphatic rings.